The van der Waals surface area contributed by atoms with Gasteiger partial charge in [-0.05, 0) is 39.4 Å². The molecule has 4 unspecified atom stereocenters. The highest BCUT2D eigenvalue weighted by Gasteiger charge is 2.40. The van der Waals surface area contributed by atoms with Gasteiger partial charge in [0.05, 0.1) is 12.2 Å². The van der Waals surface area contributed by atoms with E-state index in [9.17, 15) is 4.79 Å². The lowest BCUT2D eigenvalue weighted by molar-refractivity contribution is -0.131. The monoisotopic (exact) mass is 228 g/mol. The van der Waals surface area contributed by atoms with Crippen molar-refractivity contribution in [1.82, 2.24) is 10.2 Å². The van der Waals surface area contributed by atoms with Crippen molar-refractivity contribution in [3.05, 3.63) is 0 Å². The van der Waals surface area contributed by atoms with Crippen LogP contribution in [-0.2, 0) is 4.79 Å². The molecule has 3 nitrogen and oxygen atoms in total. The number of carbonyl (C=O) groups is 1. The van der Waals surface area contributed by atoms with E-state index in [0.717, 1.165) is 5.25 Å². The molecule has 0 bridgehead atoms. The molecule has 1 aliphatic heterocycles. The van der Waals surface area contributed by atoms with Crippen LogP contribution in [0.3, 0.4) is 0 Å². The zero-order valence-corrected chi connectivity index (χ0v) is 10.5. The first-order chi connectivity index (χ1) is 7.13. The molecule has 1 saturated carbocycles. The van der Waals surface area contributed by atoms with Crippen molar-refractivity contribution < 1.29 is 4.79 Å². The Morgan fingerprint density at radius 2 is 2.13 bits per heavy atom. The standard InChI is InChI=1S/C11H20N2OS/c1-7-11(14)13(8(2)12-7)9-4-5-10(6-9)15-3/h7-10,12H,4-6H2,1-3H3. The zero-order chi connectivity index (χ0) is 11.0. The van der Waals surface area contributed by atoms with Crippen molar-refractivity contribution in [2.75, 3.05) is 6.26 Å². The average Bonchev–Trinajstić information content (AvgIpc) is 2.74. The minimum absolute atomic E-state index is 0.00771. The zero-order valence-electron chi connectivity index (χ0n) is 9.69. The summed E-state index contributed by atoms with van der Waals surface area (Å²) in [5, 5.41) is 4.05. The van der Waals surface area contributed by atoms with Crippen LogP contribution in [-0.4, -0.2) is 40.6 Å². The molecule has 1 saturated heterocycles. The Balaban J connectivity index is 2.02. The highest BCUT2D eigenvalue weighted by atomic mass is 32.2. The second kappa shape index (κ2) is 4.34. The Morgan fingerprint density at radius 1 is 1.40 bits per heavy atom. The van der Waals surface area contributed by atoms with E-state index < -0.39 is 0 Å². The van der Waals surface area contributed by atoms with Gasteiger partial charge in [-0.2, -0.15) is 11.8 Å². The van der Waals surface area contributed by atoms with Crippen molar-refractivity contribution in [3.8, 4) is 0 Å². The third-order valence-corrected chi connectivity index (χ3v) is 4.71. The van der Waals surface area contributed by atoms with Crippen molar-refractivity contribution >= 4 is 17.7 Å². The predicted octanol–water partition coefficient (Wildman–Crippen LogP) is 1.44. The quantitative estimate of drug-likeness (QED) is 0.776. The van der Waals surface area contributed by atoms with Crippen molar-refractivity contribution in [2.45, 2.75) is 56.6 Å². The maximum atomic E-state index is 12.0. The van der Waals surface area contributed by atoms with E-state index in [1.165, 1.54) is 19.3 Å². The molecule has 4 heteroatoms. The van der Waals surface area contributed by atoms with Gasteiger partial charge in [-0.1, -0.05) is 0 Å². The van der Waals surface area contributed by atoms with Crippen LogP contribution < -0.4 is 5.32 Å². The highest BCUT2D eigenvalue weighted by molar-refractivity contribution is 7.99. The minimum Gasteiger partial charge on any atom is -0.323 e. The normalized spacial score (nSPS) is 41.5. The van der Waals surface area contributed by atoms with Crippen LogP contribution in [0.25, 0.3) is 0 Å². The molecule has 0 aromatic heterocycles. The van der Waals surface area contributed by atoms with Crippen LogP contribution in [0.15, 0.2) is 0 Å². The molecule has 15 heavy (non-hydrogen) atoms. The van der Waals surface area contributed by atoms with Gasteiger partial charge < -0.3 is 4.90 Å². The van der Waals surface area contributed by atoms with Gasteiger partial charge in [0.1, 0.15) is 0 Å². The van der Waals surface area contributed by atoms with Gasteiger partial charge in [0.15, 0.2) is 0 Å². The number of hydrogen-bond donors (Lipinski definition) is 1. The van der Waals surface area contributed by atoms with E-state index in [1.807, 2.05) is 18.7 Å². The van der Waals surface area contributed by atoms with E-state index in [-0.39, 0.29) is 18.1 Å². The largest absolute Gasteiger partial charge is 0.323 e. The van der Waals surface area contributed by atoms with Gasteiger partial charge in [-0.3, -0.25) is 10.1 Å². The molecule has 0 spiro atoms. The Morgan fingerprint density at radius 3 is 2.60 bits per heavy atom. The molecule has 1 aliphatic carbocycles. The first kappa shape index (κ1) is 11.3. The summed E-state index contributed by atoms with van der Waals surface area (Å²) in [6.07, 6.45) is 6.00. The SMILES string of the molecule is CSC1CCC(N2C(=O)C(C)NC2C)C1. The molecule has 0 radical (unpaired) electrons. The summed E-state index contributed by atoms with van der Waals surface area (Å²) in [5.74, 6) is 0.286. The van der Waals surface area contributed by atoms with Crippen LogP contribution >= 0.6 is 11.8 Å². The summed E-state index contributed by atoms with van der Waals surface area (Å²) in [6.45, 7) is 4.05. The molecule has 2 rings (SSSR count). The second-order valence-corrected chi connectivity index (χ2v) is 5.77. The highest BCUT2D eigenvalue weighted by Crippen LogP contribution is 2.33. The number of thioether (sulfide) groups is 1. The molecule has 0 aromatic carbocycles. The average molecular weight is 228 g/mol. The Labute approximate surface area is 96.0 Å². The van der Waals surface area contributed by atoms with Gasteiger partial charge in [-0.25, -0.2) is 0 Å². The molecule has 1 heterocycles. The fourth-order valence-corrected chi connectivity index (χ4v) is 3.59. The molecular formula is C11H20N2OS. The molecule has 4 atom stereocenters. The van der Waals surface area contributed by atoms with E-state index >= 15 is 0 Å². The van der Waals surface area contributed by atoms with Gasteiger partial charge in [0.25, 0.3) is 0 Å². The molecule has 2 fully saturated rings. The predicted molar refractivity (Wildman–Crippen MR) is 63.8 cm³/mol. The van der Waals surface area contributed by atoms with Crippen LogP contribution in [0.4, 0.5) is 0 Å². The summed E-state index contributed by atoms with van der Waals surface area (Å²) in [4.78, 5) is 14.0. The van der Waals surface area contributed by atoms with Crippen LogP contribution in [0.5, 0.6) is 0 Å². The van der Waals surface area contributed by atoms with E-state index in [2.05, 4.69) is 23.4 Å². The number of hydrogen-bond acceptors (Lipinski definition) is 3. The molecular weight excluding hydrogens is 208 g/mol. The number of nitrogens with one attached hydrogen (secondary N) is 1. The topological polar surface area (TPSA) is 32.3 Å². The first-order valence-electron chi connectivity index (χ1n) is 5.74. The molecule has 2 aliphatic rings. The number of nitrogens with zero attached hydrogens (tertiary/aromatic N) is 1. The minimum atomic E-state index is 0.00771. The molecule has 1 amide bonds. The summed E-state index contributed by atoms with van der Waals surface area (Å²) in [5.41, 5.74) is 0. The molecule has 0 aromatic rings. The van der Waals surface area contributed by atoms with Crippen LogP contribution in [0.1, 0.15) is 33.1 Å². The Kier molecular flexibility index (Phi) is 3.26. The third kappa shape index (κ3) is 2.02. The lowest BCUT2D eigenvalue weighted by atomic mass is 10.2. The first-order valence-corrected chi connectivity index (χ1v) is 7.03. The number of amides is 1. The number of carbonyl (C=O) groups excluding carboxylic acids is 1. The summed E-state index contributed by atoms with van der Waals surface area (Å²) in [7, 11) is 0. The third-order valence-electron chi connectivity index (χ3n) is 3.62. The fraction of sp³-hybridized carbons (Fsp3) is 0.909. The summed E-state index contributed by atoms with van der Waals surface area (Å²) >= 11 is 1.94. The Bertz CT molecular complexity index is 259. The van der Waals surface area contributed by atoms with Gasteiger partial charge in [0.2, 0.25) is 5.91 Å². The lowest BCUT2D eigenvalue weighted by Gasteiger charge is -2.28. The van der Waals surface area contributed by atoms with Crippen molar-refractivity contribution in [3.63, 3.8) is 0 Å². The van der Waals surface area contributed by atoms with E-state index in [0.29, 0.717) is 6.04 Å². The van der Waals surface area contributed by atoms with Gasteiger partial charge >= 0.3 is 0 Å². The van der Waals surface area contributed by atoms with Crippen molar-refractivity contribution in [2.24, 2.45) is 0 Å². The summed E-state index contributed by atoms with van der Waals surface area (Å²) in [6, 6.07) is 0.482. The van der Waals surface area contributed by atoms with Crippen LogP contribution in [0.2, 0.25) is 0 Å². The van der Waals surface area contributed by atoms with Crippen molar-refractivity contribution in [1.29, 1.82) is 0 Å². The van der Waals surface area contributed by atoms with Gasteiger partial charge in [-0.15, -0.1) is 0 Å². The second-order valence-electron chi connectivity index (χ2n) is 4.63. The van der Waals surface area contributed by atoms with Gasteiger partial charge in [0, 0.05) is 11.3 Å². The number of rotatable bonds is 2. The van der Waals surface area contributed by atoms with E-state index in [4.69, 9.17) is 0 Å². The smallest absolute Gasteiger partial charge is 0.240 e. The van der Waals surface area contributed by atoms with E-state index in [1.54, 1.807) is 0 Å². The maximum Gasteiger partial charge on any atom is 0.240 e. The summed E-state index contributed by atoms with van der Waals surface area (Å²) < 4.78 is 0. The Hall–Kier alpha value is -0.220. The maximum absolute atomic E-state index is 12.0. The molecule has 1 N–H and O–H groups in total. The van der Waals surface area contributed by atoms with Crippen LogP contribution in [0, 0.1) is 0 Å². The molecule has 86 valence electrons. The fourth-order valence-electron chi connectivity index (χ4n) is 2.81. The lowest BCUT2D eigenvalue weighted by Crippen LogP contribution is -2.42.